The van der Waals surface area contributed by atoms with Crippen LogP contribution >= 0.6 is 12.4 Å². The summed E-state index contributed by atoms with van der Waals surface area (Å²) in [5.74, 6) is -1.20. The molecule has 32 heavy (non-hydrogen) atoms. The lowest BCUT2D eigenvalue weighted by atomic mass is 10.0. The number of benzene rings is 1. The van der Waals surface area contributed by atoms with Crippen LogP contribution in [-0.4, -0.2) is 80.5 Å². The van der Waals surface area contributed by atoms with Crippen LogP contribution in [0.3, 0.4) is 0 Å². The quantitative estimate of drug-likeness (QED) is 0.300. The molecule has 0 spiro atoms. The first-order valence-corrected chi connectivity index (χ1v) is 10.2. The molecule has 1 aliphatic rings. The molecule has 1 atom stereocenters. The average molecular weight is 465 g/mol. The van der Waals surface area contributed by atoms with Crippen molar-refractivity contribution in [1.82, 2.24) is 30.1 Å². The van der Waals surface area contributed by atoms with E-state index in [0.717, 1.165) is 44.0 Å². The number of nitrogens with two attached hydrogens (primary N) is 1. The minimum atomic E-state index is -0.985. The Hall–Kier alpha value is -3.18. The van der Waals surface area contributed by atoms with E-state index in [1.54, 1.807) is 30.5 Å². The Labute approximate surface area is 192 Å². The molecule has 2 heterocycles. The molecular formula is C20H29ClN8O3. The van der Waals surface area contributed by atoms with Crippen molar-refractivity contribution < 1.29 is 14.7 Å². The van der Waals surface area contributed by atoms with Crippen molar-refractivity contribution in [2.45, 2.75) is 25.4 Å². The fraction of sp³-hybridized carbons (Fsp3) is 0.450. The van der Waals surface area contributed by atoms with Gasteiger partial charge in [0, 0.05) is 45.3 Å². The molecule has 5 N–H and O–H groups in total. The molecule has 0 bridgehead atoms. The maximum atomic E-state index is 12.4. The van der Waals surface area contributed by atoms with Gasteiger partial charge in [-0.05, 0) is 5.56 Å². The largest absolute Gasteiger partial charge is 0.481 e. The predicted molar refractivity (Wildman–Crippen MR) is 120 cm³/mol. The van der Waals surface area contributed by atoms with E-state index in [9.17, 15) is 9.59 Å². The van der Waals surface area contributed by atoms with Crippen LogP contribution < -0.4 is 11.1 Å². The third-order valence-corrected chi connectivity index (χ3v) is 5.20. The number of aliphatic carboxylic acids is 1. The van der Waals surface area contributed by atoms with E-state index in [2.05, 4.69) is 20.5 Å². The van der Waals surface area contributed by atoms with Gasteiger partial charge in [-0.3, -0.25) is 19.9 Å². The molecule has 174 valence electrons. The fourth-order valence-corrected chi connectivity index (χ4v) is 3.51. The van der Waals surface area contributed by atoms with Gasteiger partial charge in [-0.1, -0.05) is 35.5 Å². The van der Waals surface area contributed by atoms with Crippen LogP contribution in [0.4, 0.5) is 0 Å². The van der Waals surface area contributed by atoms with Gasteiger partial charge in [0.15, 0.2) is 5.96 Å². The Balaban J connectivity index is 0.00000363. The molecule has 1 aromatic carbocycles. The van der Waals surface area contributed by atoms with Gasteiger partial charge in [0.05, 0.1) is 18.2 Å². The Morgan fingerprint density at radius 1 is 1.19 bits per heavy atom. The number of hydrogen-bond acceptors (Lipinski definition) is 6. The highest BCUT2D eigenvalue weighted by Gasteiger charge is 2.19. The Kier molecular flexibility index (Phi) is 9.41. The molecule has 1 saturated heterocycles. The van der Waals surface area contributed by atoms with E-state index in [0.29, 0.717) is 6.42 Å². The number of amides is 1. The molecule has 0 unspecified atom stereocenters. The van der Waals surface area contributed by atoms with Crippen LogP contribution in [0.25, 0.3) is 0 Å². The highest BCUT2D eigenvalue weighted by molar-refractivity contribution is 5.85. The number of aromatic nitrogens is 3. The van der Waals surface area contributed by atoms with Crippen molar-refractivity contribution in [3.05, 3.63) is 47.8 Å². The van der Waals surface area contributed by atoms with E-state index in [4.69, 9.17) is 16.2 Å². The summed E-state index contributed by atoms with van der Waals surface area (Å²) in [7, 11) is 0. The number of nitrogens with one attached hydrogen (secondary N) is 2. The summed E-state index contributed by atoms with van der Waals surface area (Å²) in [4.78, 5) is 27.7. The number of halogens is 1. The van der Waals surface area contributed by atoms with Crippen molar-refractivity contribution in [3.8, 4) is 0 Å². The van der Waals surface area contributed by atoms with Crippen molar-refractivity contribution in [2.75, 3.05) is 32.7 Å². The Bertz CT molecular complexity index is 899. The zero-order valence-electron chi connectivity index (χ0n) is 17.7. The molecule has 11 nitrogen and oxygen atoms in total. The second kappa shape index (κ2) is 12.0. The van der Waals surface area contributed by atoms with E-state index in [1.807, 2.05) is 11.0 Å². The summed E-state index contributed by atoms with van der Waals surface area (Å²) in [5, 5.41) is 27.5. The van der Waals surface area contributed by atoms with Crippen molar-refractivity contribution in [3.63, 3.8) is 0 Å². The van der Waals surface area contributed by atoms with Gasteiger partial charge in [-0.15, -0.1) is 17.5 Å². The van der Waals surface area contributed by atoms with Crippen LogP contribution in [0, 0.1) is 5.41 Å². The first-order chi connectivity index (χ1) is 14.9. The topological polar surface area (TPSA) is 153 Å². The number of carbonyl (C=O) groups excluding carboxylic acids is 1. The smallest absolute Gasteiger partial charge is 0.305 e. The van der Waals surface area contributed by atoms with Gasteiger partial charge in [0.25, 0.3) is 0 Å². The minimum Gasteiger partial charge on any atom is -0.481 e. The van der Waals surface area contributed by atoms with Crippen LogP contribution in [0.2, 0.25) is 0 Å². The number of nitrogens with zero attached hydrogens (tertiary/aromatic N) is 5. The predicted octanol–water partition coefficient (Wildman–Crippen LogP) is 0.0857. The van der Waals surface area contributed by atoms with E-state index in [-0.39, 0.29) is 37.2 Å². The molecule has 12 heteroatoms. The molecule has 0 saturated carbocycles. The second-order valence-corrected chi connectivity index (χ2v) is 7.50. The van der Waals surface area contributed by atoms with Gasteiger partial charge >= 0.3 is 5.97 Å². The summed E-state index contributed by atoms with van der Waals surface area (Å²) in [6, 6.07) is 8.42. The van der Waals surface area contributed by atoms with Crippen LogP contribution in [-0.2, 0) is 22.6 Å². The van der Waals surface area contributed by atoms with Crippen molar-refractivity contribution in [2.24, 2.45) is 5.73 Å². The number of hydrogen-bond donors (Lipinski definition) is 4. The van der Waals surface area contributed by atoms with Gasteiger partial charge in [0.2, 0.25) is 5.91 Å². The van der Waals surface area contributed by atoms with Gasteiger partial charge in [0.1, 0.15) is 6.54 Å². The summed E-state index contributed by atoms with van der Waals surface area (Å²) in [5.41, 5.74) is 7.04. The number of carbonyl (C=O) groups is 2. The van der Waals surface area contributed by atoms with Crippen LogP contribution in [0.1, 0.15) is 23.7 Å². The highest BCUT2D eigenvalue weighted by Crippen LogP contribution is 2.16. The number of carboxylic acids is 1. The van der Waals surface area contributed by atoms with E-state index >= 15 is 0 Å². The monoisotopic (exact) mass is 464 g/mol. The first kappa shape index (κ1) is 25.1. The van der Waals surface area contributed by atoms with E-state index < -0.39 is 12.0 Å². The highest BCUT2D eigenvalue weighted by atomic mass is 35.5. The normalized spacial score (nSPS) is 14.9. The molecule has 1 aliphatic heterocycles. The molecular weight excluding hydrogens is 436 g/mol. The zero-order chi connectivity index (χ0) is 22.2. The first-order valence-electron chi connectivity index (χ1n) is 10.2. The lowest BCUT2D eigenvalue weighted by molar-refractivity contribution is -0.137. The molecule has 2 aromatic rings. The molecule has 0 radical (unpaired) electrons. The zero-order valence-corrected chi connectivity index (χ0v) is 18.5. The molecule has 0 aliphatic carbocycles. The van der Waals surface area contributed by atoms with Gasteiger partial charge < -0.3 is 21.1 Å². The maximum absolute atomic E-state index is 12.4. The molecule has 1 aromatic heterocycles. The second-order valence-electron chi connectivity index (χ2n) is 7.50. The molecule has 1 amide bonds. The fourth-order valence-electron chi connectivity index (χ4n) is 3.51. The third kappa shape index (κ3) is 7.50. The lowest BCUT2D eigenvalue weighted by Crippen LogP contribution is -2.51. The summed E-state index contributed by atoms with van der Waals surface area (Å²) < 4.78 is 1.46. The minimum absolute atomic E-state index is 0. The Morgan fingerprint density at radius 3 is 2.50 bits per heavy atom. The molecule has 3 rings (SSSR count). The van der Waals surface area contributed by atoms with Gasteiger partial charge in [-0.2, -0.15) is 0 Å². The lowest BCUT2D eigenvalue weighted by Gasteiger charge is -2.34. The van der Waals surface area contributed by atoms with E-state index in [1.165, 1.54) is 4.68 Å². The summed E-state index contributed by atoms with van der Waals surface area (Å²) in [6.45, 7) is 3.92. The number of carboxylic acid groups (broad SMARTS) is 1. The number of piperazine rings is 1. The number of rotatable bonds is 9. The van der Waals surface area contributed by atoms with Crippen molar-refractivity contribution in [1.29, 1.82) is 5.41 Å². The standard InChI is InChI=1S/C20H28N8O3.ClH/c21-20(22)27-10-8-26(9-11-27)7-6-16-13-28(25-24-16)14-18(29)23-17(12-19(30)31)15-4-2-1-3-5-15;/h1-5,13,17H,6-12,14H2,(H3,21,22)(H,23,29)(H,30,31);1H/t17-;/m1./s1. The Morgan fingerprint density at radius 2 is 1.88 bits per heavy atom. The average Bonchev–Trinajstić information content (AvgIpc) is 3.19. The third-order valence-electron chi connectivity index (χ3n) is 5.20. The van der Waals surface area contributed by atoms with Gasteiger partial charge in [-0.25, -0.2) is 4.68 Å². The number of guanidine groups is 1. The van der Waals surface area contributed by atoms with Crippen molar-refractivity contribution >= 4 is 30.2 Å². The molecule has 1 fully saturated rings. The summed E-state index contributed by atoms with van der Waals surface area (Å²) >= 11 is 0. The SMILES string of the molecule is Cl.N=C(N)N1CCN(CCc2cn(CC(=O)N[C@H](CC(=O)O)c3ccccc3)nn2)CC1. The van der Waals surface area contributed by atoms with Crippen LogP contribution in [0.5, 0.6) is 0 Å². The summed E-state index contributed by atoms with van der Waals surface area (Å²) in [6.07, 6.45) is 2.24. The maximum Gasteiger partial charge on any atom is 0.305 e. The van der Waals surface area contributed by atoms with Crippen LogP contribution in [0.15, 0.2) is 36.5 Å².